The molecule has 0 radical (unpaired) electrons. The van der Waals surface area contributed by atoms with E-state index in [1.165, 1.54) is 17.0 Å². The van der Waals surface area contributed by atoms with Crippen molar-refractivity contribution in [3.8, 4) is 11.1 Å². The van der Waals surface area contributed by atoms with Crippen molar-refractivity contribution in [3.63, 3.8) is 0 Å². The summed E-state index contributed by atoms with van der Waals surface area (Å²) in [6.45, 7) is 1.80. The van der Waals surface area contributed by atoms with Crippen molar-refractivity contribution in [3.05, 3.63) is 76.3 Å². The molecule has 7 heteroatoms. The van der Waals surface area contributed by atoms with Crippen molar-refractivity contribution < 1.29 is 14.0 Å². The number of aromatic nitrogens is 1. The van der Waals surface area contributed by atoms with Gasteiger partial charge in [0, 0.05) is 35.2 Å². The minimum atomic E-state index is -0.343. The third kappa shape index (κ3) is 4.48. The second-order valence-corrected chi connectivity index (χ2v) is 7.37. The quantitative estimate of drug-likeness (QED) is 0.604. The molecule has 0 aliphatic heterocycles. The fourth-order valence-electron chi connectivity index (χ4n) is 2.86. The Morgan fingerprint density at radius 1 is 1.14 bits per heavy atom. The van der Waals surface area contributed by atoms with Gasteiger partial charge in [-0.3, -0.25) is 9.59 Å². The summed E-state index contributed by atoms with van der Waals surface area (Å²) in [6.07, 6.45) is 3.26. The molecular weight excluding hydrogens is 425 g/mol. The molecule has 0 saturated heterocycles. The van der Waals surface area contributed by atoms with E-state index in [1.54, 1.807) is 37.6 Å². The van der Waals surface area contributed by atoms with E-state index in [1.807, 2.05) is 19.1 Å². The van der Waals surface area contributed by atoms with Gasteiger partial charge in [0.25, 0.3) is 5.91 Å². The maximum absolute atomic E-state index is 13.2. The number of nitrogens with one attached hydrogen (secondary N) is 2. The first-order valence-electron chi connectivity index (χ1n) is 8.59. The highest BCUT2D eigenvalue weighted by molar-refractivity contribution is 9.10. The van der Waals surface area contributed by atoms with Gasteiger partial charge >= 0.3 is 0 Å². The van der Waals surface area contributed by atoms with Gasteiger partial charge in [-0.2, -0.15) is 0 Å². The van der Waals surface area contributed by atoms with Crippen molar-refractivity contribution in [2.45, 2.75) is 6.92 Å². The van der Waals surface area contributed by atoms with Gasteiger partial charge in [-0.05, 0) is 48.4 Å². The van der Waals surface area contributed by atoms with Crippen molar-refractivity contribution in [1.82, 2.24) is 9.88 Å². The Hall–Kier alpha value is -2.93. The lowest BCUT2D eigenvalue weighted by atomic mass is 10.0. The van der Waals surface area contributed by atoms with Gasteiger partial charge in [-0.25, -0.2) is 4.39 Å². The third-order valence-corrected chi connectivity index (χ3v) is 4.81. The van der Waals surface area contributed by atoms with Gasteiger partial charge in [0.1, 0.15) is 5.82 Å². The lowest BCUT2D eigenvalue weighted by Gasteiger charge is -2.18. The normalized spacial score (nSPS) is 10.6. The summed E-state index contributed by atoms with van der Waals surface area (Å²) in [5.41, 5.74) is 3.40. The first-order chi connectivity index (χ1) is 13.3. The van der Waals surface area contributed by atoms with Gasteiger partial charge in [-0.15, -0.1) is 0 Å². The predicted molar refractivity (Wildman–Crippen MR) is 111 cm³/mol. The molecule has 3 rings (SSSR count). The van der Waals surface area contributed by atoms with Crippen molar-refractivity contribution in [1.29, 1.82) is 0 Å². The number of anilines is 1. The van der Waals surface area contributed by atoms with Crippen LogP contribution < -0.4 is 5.32 Å². The number of benzene rings is 2. The number of likely N-dealkylation sites (N-methyl/N-ethyl adjacent to an activating group) is 1. The second kappa shape index (κ2) is 8.39. The summed E-state index contributed by atoms with van der Waals surface area (Å²) in [6, 6.07) is 11.4. The zero-order chi connectivity index (χ0) is 20.3. The highest BCUT2D eigenvalue weighted by Gasteiger charge is 2.20. The molecule has 3 aromatic rings. The molecule has 2 amide bonds. The van der Waals surface area contributed by atoms with Crippen molar-refractivity contribution >= 4 is 33.4 Å². The van der Waals surface area contributed by atoms with Crippen molar-refractivity contribution in [2.75, 3.05) is 18.9 Å². The van der Waals surface area contributed by atoms with Crippen LogP contribution >= 0.6 is 15.9 Å². The summed E-state index contributed by atoms with van der Waals surface area (Å²) >= 11 is 3.38. The number of hydrogen-bond donors (Lipinski definition) is 2. The lowest BCUT2D eigenvalue weighted by molar-refractivity contribution is -0.116. The molecule has 144 valence electrons. The number of rotatable bonds is 5. The molecule has 28 heavy (non-hydrogen) atoms. The highest BCUT2D eigenvalue weighted by atomic mass is 79.9. The molecule has 0 bridgehead atoms. The molecule has 5 nitrogen and oxygen atoms in total. The monoisotopic (exact) mass is 443 g/mol. The first kappa shape index (κ1) is 19.8. The summed E-state index contributed by atoms with van der Waals surface area (Å²) < 4.78 is 14.1. The molecule has 2 N–H and O–H groups in total. The molecule has 0 aliphatic rings. The van der Waals surface area contributed by atoms with Crippen LogP contribution in [0.2, 0.25) is 0 Å². The van der Waals surface area contributed by atoms with E-state index in [2.05, 4.69) is 26.2 Å². The number of carbonyl (C=O) groups is 2. The molecule has 0 saturated carbocycles. The summed E-state index contributed by atoms with van der Waals surface area (Å²) in [5, 5.41) is 2.82. The van der Waals surface area contributed by atoms with Crippen LogP contribution in [0.25, 0.3) is 11.1 Å². The van der Waals surface area contributed by atoms with Crippen LogP contribution in [-0.2, 0) is 4.79 Å². The lowest BCUT2D eigenvalue weighted by Crippen LogP contribution is -2.35. The maximum Gasteiger partial charge on any atom is 0.256 e. The maximum atomic E-state index is 13.2. The Morgan fingerprint density at radius 2 is 1.86 bits per heavy atom. The Labute approximate surface area is 170 Å². The van der Waals surface area contributed by atoms with Crippen LogP contribution in [0.15, 0.2) is 59.3 Å². The number of nitrogens with zero attached hydrogens (tertiary/aromatic N) is 1. The average Bonchev–Trinajstić information content (AvgIpc) is 3.13. The smallest absolute Gasteiger partial charge is 0.256 e. The third-order valence-electron chi connectivity index (χ3n) is 4.32. The van der Waals surface area contributed by atoms with Crippen LogP contribution in [0, 0.1) is 12.7 Å². The molecule has 2 aromatic carbocycles. The van der Waals surface area contributed by atoms with Crippen LogP contribution in [0.4, 0.5) is 10.1 Å². The number of hydrogen-bond acceptors (Lipinski definition) is 2. The first-order valence-corrected chi connectivity index (χ1v) is 9.38. The van der Waals surface area contributed by atoms with Gasteiger partial charge in [0.05, 0.1) is 12.1 Å². The Morgan fingerprint density at radius 3 is 2.54 bits per heavy atom. The SMILES string of the molecule is Cc1cc(Br)ccc1NC(=O)CN(C)C(=O)c1c[nH]cc1-c1ccc(F)cc1. The molecular formula is C21H19BrFN3O2. The van der Waals surface area contributed by atoms with Gasteiger partial charge in [-0.1, -0.05) is 28.1 Å². The van der Waals surface area contributed by atoms with Crippen LogP contribution in [0.1, 0.15) is 15.9 Å². The van der Waals surface area contributed by atoms with Gasteiger partial charge < -0.3 is 15.2 Å². The standard InChI is InChI=1S/C21H19BrFN3O2/c1-13-9-15(22)5-8-19(13)25-20(27)12-26(2)21(28)18-11-24-10-17(18)14-3-6-16(23)7-4-14/h3-11,24H,12H2,1-2H3,(H,25,27). The number of H-pyrrole nitrogens is 1. The molecule has 0 spiro atoms. The number of halogens is 2. The molecule has 1 aromatic heterocycles. The predicted octanol–water partition coefficient (Wildman–Crippen LogP) is 4.60. The van der Waals surface area contributed by atoms with Gasteiger partial charge in [0.15, 0.2) is 0 Å². The van der Waals surface area contributed by atoms with E-state index in [0.717, 1.165) is 10.0 Å². The van der Waals surface area contributed by atoms with Crippen LogP contribution in [0.3, 0.4) is 0 Å². The van der Waals surface area contributed by atoms with Crippen LogP contribution in [-0.4, -0.2) is 35.3 Å². The largest absolute Gasteiger partial charge is 0.366 e. The van der Waals surface area contributed by atoms with E-state index in [-0.39, 0.29) is 24.2 Å². The number of carbonyl (C=O) groups excluding carboxylic acids is 2. The van der Waals surface area contributed by atoms with E-state index in [4.69, 9.17) is 0 Å². The zero-order valence-corrected chi connectivity index (χ0v) is 17.0. The molecule has 0 atom stereocenters. The molecule has 1 heterocycles. The average molecular weight is 444 g/mol. The van der Waals surface area contributed by atoms with E-state index < -0.39 is 0 Å². The fourth-order valence-corrected chi connectivity index (χ4v) is 3.33. The summed E-state index contributed by atoms with van der Waals surface area (Å²) in [7, 11) is 1.57. The van der Waals surface area contributed by atoms with Gasteiger partial charge in [0.2, 0.25) is 5.91 Å². The van der Waals surface area contributed by atoms with E-state index >= 15 is 0 Å². The fraction of sp³-hybridized carbons (Fsp3) is 0.143. The molecule has 0 unspecified atom stereocenters. The number of amides is 2. The minimum Gasteiger partial charge on any atom is -0.366 e. The topological polar surface area (TPSA) is 65.2 Å². The Kier molecular flexibility index (Phi) is 5.94. The highest BCUT2D eigenvalue weighted by Crippen LogP contribution is 2.25. The van der Waals surface area contributed by atoms with E-state index in [9.17, 15) is 14.0 Å². The van der Waals surface area contributed by atoms with Crippen molar-refractivity contribution in [2.24, 2.45) is 0 Å². The number of aryl methyl sites for hydroxylation is 1. The minimum absolute atomic E-state index is 0.0949. The molecule has 0 fully saturated rings. The van der Waals surface area contributed by atoms with E-state index in [0.29, 0.717) is 22.4 Å². The zero-order valence-electron chi connectivity index (χ0n) is 15.4. The summed E-state index contributed by atoms with van der Waals surface area (Å²) in [5.74, 6) is -0.937. The summed E-state index contributed by atoms with van der Waals surface area (Å²) in [4.78, 5) is 29.4. The second-order valence-electron chi connectivity index (χ2n) is 6.46. The Bertz CT molecular complexity index is 1010. The van der Waals surface area contributed by atoms with Crippen LogP contribution in [0.5, 0.6) is 0 Å². The molecule has 0 aliphatic carbocycles. The number of aromatic amines is 1. The Balaban J connectivity index is 1.70.